The number of hydrogen-bond acceptors (Lipinski definition) is 5. The number of sulfonamides is 1. The predicted molar refractivity (Wildman–Crippen MR) is 76.8 cm³/mol. The van der Waals surface area contributed by atoms with Gasteiger partial charge in [-0.05, 0) is 31.7 Å². The Hall–Kier alpha value is -1.51. The Bertz CT molecular complexity index is 713. The van der Waals surface area contributed by atoms with Crippen molar-refractivity contribution >= 4 is 26.5 Å². The topological polar surface area (TPSA) is 71.1 Å². The first-order chi connectivity index (χ1) is 9.42. The lowest BCUT2D eigenvalue weighted by Crippen LogP contribution is -2.15. The predicted octanol–water partition coefficient (Wildman–Crippen LogP) is 2.11. The minimum absolute atomic E-state index is 0.223. The molecule has 0 amide bonds. The highest BCUT2D eigenvalue weighted by Crippen LogP contribution is 2.22. The van der Waals surface area contributed by atoms with Gasteiger partial charge in [0.05, 0.1) is 5.69 Å². The van der Waals surface area contributed by atoms with Gasteiger partial charge in [0.25, 0.3) is 10.0 Å². The first kappa shape index (κ1) is 14.9. The van der Waals surface area contributed by atoms with Gasteiger partial charge in [-0.3, -0.25) is 4.72 Å². The van der Waals surface area contributed by atoms with E-state index in [1.165, 1.54) is 6.07 Å². The normalized spacial score (nSPS) is 11.6. The molecule has 1 aromatic carbocycles. The number of aryl methyl sites for hydroxylation is 1. The number of halogens is 1. The smallest absolute Gasteiger partial charge is 0.266 e. The molecule has 0 aliphatic rings. The fourth-order valence-corrected chi connectivity index (χ4v) is 3.71. The lowest BCUT2D eigenvalue weighted by Gasteiger charge is -2.08. The number of nitrogens with one attached hydrogen (secondary N) is 2. The van der Waals surface area contributed by atoms with Crippen LogP contribution in [-0.2, 0) is 16.6 Å². The van der Waals surface area contributed by atoms with E-state index in [2.05, 4.69) is 15.0 Å². The van der Waals surface area contributed by atoms with Crippen molar-refractivity contribution < 1.29 is 12.8 Å². The Balaban J connectivity index is 2.35. The lowest BCUT2D eigenvalue weighted by atomic mass is 10.2. The van der Waals surface area contributed by atoms with Gasteiger partial charge in [0, 0.05) is 11.9 Å². The molecular weight excluding hydrogens is 301 g/mol. The Morgan fingerprint density at radius 2 is 2.15 bits per heavy atom. The van der Waals surface area contributed by atoms with Gasteiger partial charge in [0.2, 0.25) is 0 Å². The summed E-state index contributed by atoms with van der Waals surface area (Å²) in [6.45, 7) is 2.21. The van der Waals surface area contributed by atoms with Gasteiger partial charge in [-0.1, -0.05) is 6.07 Å². The van der Waals surface area contributed by atoms with Crippen molar-refractivity contribution in [1.29, 1.82) is 0 Å². The van der Waals surface area contributed by atoms with Crippen LogP contribution in [0.2, 0.25) is 0 Å². The van der Waals surface area contributed by atoms with Crippen LogP contribution in [0.3, 0.4) is 0 Å². The van der Waals surface area contributed by atoms with E-state index in [0.717, 1.165) is 17.4 Å². The summed E-state index contributed by atoms with van der Waals surface area (Å²) in [7, 11) is -2.25. The van der Waals surface area contributed by atoms with E-state index in [1.807, 2.05) is 0 Å². The third-order valence-electron chi connectivity index (χ3n) is 2.51. The number of anilines is 1. The average Bonchev–Trinajstić information content (AvgIpc) is 2.76. The summed E-state index contributed by atoms with van der Waals surface area (Å²) in [6, 6.07) is 4.00. The van der Waals surface area contributed by atoms with Crippen LogP contribution >= 0.6 is 11.3 Å². The molecule has 0 atom stereocenters. The van der Waals surface area contributed by atoms with Crippen LogP contribution < -0.4 is 10.0 Å². The number of benzene rings is 1. The van der Waals surface area contributed by atoms with Crippen LogP contribution in [0.5, 0.6) is 0 Å². The van der Waals surface area contributed by atoms with E-state index in [0.29, 0.717) is 17.8 Å². The highest BCUT2D eigenvalue weighted by atomic mass is 32.2. The summed E-state index contributed by atoms with van der Waals surface area (Å²) >= 11 is 1.16. The molecule has 0 fully saturated rings. The fraction of sp³-hybridized carbons (Fsp3) is 0.250. The minimum atomic E-state index is -3.98. The molecule has 0 aliphatic heterocycles. The summed E-state index contributed by atoms with van der Waals surface area (Å²) < 4.78 is 40.4. The van der Waals surface area contributed by atoms with E-state index in [9.17, 15) is 12.8 Å². The maximum atomic E-state index is 13.8. The second-order valence-corrected chi connectivity index (χ2v) is 6.70. The van der Waals surface area contributed by atoms with Crippen LogP contribution in [-0.4, -0.2) is 20.4 Å². The Morgan fingerprint density at radius 1 is 1.40 bits per heavy atom. The monoisotopic (exact) mass is 315 g/mol. The summed E-state index contributed by atoms with van der Waals surface area (Å²) in [5.74, 6) is -0.786. The van der Waals surface area contributed by atoms with E-state index in [-0.39, 0.29) is 10.0 Å². The summed E-state index contributed by atoms with van der Waals surface area (Å²) in [5, 5.41) is 4.82. The zero-order valence-electron chi connectivity index (χ0n) is 11.0. The first-order valence-corrected chi connectivity index (χ1v) is 8.16. The van der Waals surface area contributed by atoms with Crippen molar-refractivity contribution in [1.82, 2.24) is 10.3 Å². The molecule has 0 radical (unpaired) electrons. The van der Waals surface area contributed by atoms with Gasteiger partial charge < -0.3 is 5.32 Å². The molecule has 20 heavy (non-hydrogen) atoms. The molecule has 0 bridgehead atoms. The molecule has 1 heterocycles. The van der Waals surface area contributed by atoms with Crippen molar-refractivity contribution in [3.8, 4) is 0 Å². The fourth-order valence-electron chi connectivity index (χ4n) is 1.64. The molecule has 0 saturated heterocycles. The molecule has 0 saturated carbocycles. The van der Waals surface area contributed by atoms with Crippen molar-refractivity contribution in [3.05, 3.63) is 40.7 Å². The maximum Gasteiger partial charge on any atom is 0.266 e. The quantitative estimate of drug-likeness (QED) is 0.886. The molecule has 8 heteroatoms. The van der Waals surface area contributed by atoms with Gasteiger partial charge in [-0.15, -0.1) is 11.3 Å². The SMILES string of the molecule is CNCc1ccc(F)c(S(=O)(=O)Nc2nc(C)cs2)c1. The van der Waals surface area contributed by atoms with Crippen molar-refractivity contribution in [2.75, 3.05) is 11.8 Å². The van der Waals surface area contributed by atoms with E-state index < -0.39 is 15.8 Å². The van der Waals surface area contributed by atoms with Crippen LogP contribution in [0.1, 0.15) is 11.3 Å². The van der Waals surface area contributed by atoms with E-state index >= 15 is 0 Å². The number of rotatable bonds is 5. The number of nitrogens with zero attached hydrogens (tertiary/aromatic N) is 1. The Morgan fingerprint density at radius 3 is 2.75 bits per heavy atom. The van der Waals surface area contributed by atoms with Crippen molar-refractivity contribution in [3.63, 3.8) is 0 Å². The van der Waals surface area contributed by atoms with Crippen LogP contribution in [0.15, 0.2) is 28.5 Å². The van der Waals surface area contributed by atoms with Gasteiger partial charge in [0.15, 0.2) is 5.13 Å². The minimum Gasteiger partial charge on any atom is -0.316 e. The van der Waals surface area contributed by atoms with Gasteiger partial charge in [-0.25, -0.2) is 17.8 Å². The molecule has 2 rings (SSSR count). The molecule has 108 valence electrons. The van der Waals surface area contributed by atoms with E-state index in [4.69, 9.17) is 0 Å². The summed E-state index contributed by atoms with van der Waals surface area (Å²) in [6.07, 6.45) is 0. The van der Waals surface area contributed by atoms with Crippen LogP contribution in [0.4, 0.5) is 9.52 Å². The lowest BCUT2D eigenvalue weighted by molar-refractivity contribution is 0.569. The third kappa shape index (κ3) is 3.33. The van der Waals surface area contributed by atoms with Crippen molar-refractivity contribution in [2.45, 2.75) is 18.4 Å². The summed E-state index contributed by atoms with van der Waals surface area (Å²) in [4.78, 5) is 3.63. The zero-order valence-corrected chi connectivity index (χ0v) is 12.6. The second-order valence-electron chi connectivity index (χ2n) is 4.19. The largest absolute Gasteiger partial charge is 0.316 e. The molecule has 2 N–H and O–H groups in total. The molecular formula is C12H14FN3O2S2. The van der Waals surface area contributed by atoms with Crippen molar-refractivity contribution in [2.24, 2.45) is 0 Å². The second kappa shape index (κ2) is 5.86. The number of thiazole rings is 1. The zero-order chi connectivity index (χ0) is 14.8. The Labute approximate surface area is 120 Å². The number of aromatic nitrogens is 1. The van der Waals surface area contributed by atoms with Crippen LogP contribution in [0, 0.1) is 12.7 Å². The highest BCUT2D eigenvalue weighted by molar-refractivity contribution is 7.93. The number of hydrogen-bond donors (Lipinski definition) is 2. The van der Waals surface area contributed by atoms with E-state index in [1.54, 1.807) is 25.4 Å². The molecule has 1 aromatic heterocycles. The first-order valence-electron chi connectivity index (χ1n) is 5.80. The molecule has 5 nitrogen and oxygen atoms in total. The molecule has 0 spiro atoms. The molecule has 0 aliphatic carbocycles. The molecule has 2 aromatic rings. The highest BCUT2D eigenvalue weighted by Gasteiger charge is 2.20. The van der Waals surface area contributed by atoms with Crippen LogP contribution in [0.25, 0.3) is 0 Å². The average molecular weight is 315 g/mol. The maximum absolute atomic E-state index is 13.8. The standard InChI is InChI=1S/C12H14FN3O2S2/c1-8-7-19-12(15-8)16-20(17,18)11-5-9(6-14-2)3-4-10(11)13/h3-5,7,14H,6H2,1-2H3,(H,15,16). The van der Waals surface area contributed by atoms with Gasteiger partial charge >= 0.3 is 0 Å². The van der Waals surface area contributed by atoms with Gasteiger partial charge in [0.1, 0.15) is 10.7 Å². The summed E-state index contributed by atoms with van der Waals surface area (Å²) in [5.41, 5.74) is 1.39. The Kier molecular flexibility index (Phi) is 4.36. The van der Waals surface area contributed by atoms with Gasteiger partial charge in [-0.2, -0.15) is 0 Å². The molecule has 0 unspecified atom stereocenters. The third-order valence-corrected chi connectivity index (χ3v) is 4.87.